The maximum atomic E-state index is 12.9. The fraction of sp³-hybridized carbons (Fsp3) is 0.278. The van der Waals surface area contributed by atoms with Crippen LogP contribution in [0, 0.1) is 17.0 Å². The molecule has 0 unspecified atom stereocenters. The second-order valence-corrected chi connectivity index (χ2v) is 6.58. The molecule has 0 N–H and O–H groups in total. The molecular weight excluding hydrogens is 376 g/mol. The van der Waals surface area contributed by atoms with Crippen molar-refractivity contribution in [2.45, 2.75) is 6.92 Å². The summed E-state index contributed by atoms with van der Waals surface area (Å²) < 4.78 is 1.52. The van der Waals surface area contributed by atoms with Gasteiger partial charge in [0.25, 0.3) is 11.6 Å². The number of aromatic nitrogens is 5. The van der Waals surface area contributed by atoms with Crippen LogP contribution in [0.5, 0.6) is 0 Å². The molecule has 0 bridgehead atoms. The molecule has 3 heterocycles. The molecule has 11 heteroatoms. The van der Waals surface area contributed by atoms with Crippen LogP contribution in [-0.4, -0.2) is 66.9 Å². The zero-order valence-electron chi connectivity index (χ0n) is 15.7. The van der Waals surface area contributed by atoms with E-state index in [1.54, 1.807) is 36.4 Å². The third kappa shape index (κ3) is 3.61. The lowest BCUT2D eigenvalue weighted by Gasteiger charge is -2.35. The lowest BCUT2D eigenvalue weighted by atomic mass is 10.1. The maximum Gasteiger partial charge on any atom is 0.273 e. The first-order valence-corrected chi connectivity index (χ1v) is 9.01. The lowest BCUT2D eigenvalue weighted by Crippen LogP contribution is -2.49. The number of hydrogen-bond acceptors (Lipinski definition) is 8. The number of nitrogens with zero attached hydrogens (tertiary/aromatic N) is 8. The number of piperazine rings is 1. The first-order valence-electron chi connectivity index (χ1n) is 9.01. The Morgan fingerprint density at radius 1 is 1.07 bits per heavy atom. The van der Waals surface area contributed by atoms with Gasteiger partial charge in [0, 0.05) is 43.4 Å². The number of hydrogen-bond donors (Lipinski definition) is 0. The molecule has 4 rings (SSSR count). The second-order valence-electron chi connectivity index (χ2n) is 6.58. The third-order valence-electron chi connectivity index (χ3n) is 4.91. The van der Waals surface area contributed by atoms with Crippen LogP contribution in [0.4, 0.5) is 11.5 Å². The lowest BCUT2D eigenvalue weighted by molar-refractivity contribution is -0.385. The minimum Gasteiger partial charge on any atom is -0.352 e. The first-order chi connectivity index (χ1) is 14.0. The molecule has 0 radical (unpaired) electrons. The zero-order chi connectivity index (χ0) is 20.4. The highest BCUT2D eigenvalue weighted by atomic mass is 16.6. The van der Waals surface area contributed by atoms with Crippen molar-refractivity contribution < 1.29 is 9.72 Å². The number of rotatable bonds is 4. The minimum absolute atomic E-state index is 0.0442. The first kappa shape index (κ1) is 18.5. The molecule has 0 spiro atoms. The van der Waals surface area contributed by atoms with Gasteiger partial charge < -0.3 is 9.80 Å². The van der Waals surface area contributed by atoms with Gasteiger partial charge in [0.2, 0.25) is 0 Å². The summed E-state index contributed by atoms with van der Waals surface area (Å²) in [7, 11) is 0. The third-order valence-corrected chi connectivity index (χ3v) is 4.91. The molecule has 1 saturated heterocycles. The van der Waals surface area contributed by atoms with E-state index in [2.05, 4.69) is 20.3 Å². The van der Waals surface area contributed by atoms with Crippen LogP contribution in [0.15, 0.2) is 43.0 Å². The number of carbonyl (C=O) groups excluding carboxylic acids is 1. The van der Waals surface area contributed by atoms with Crippen molar-refractivity contribution in [3.8, 4) is 5.82 Å². The van der Waals surface area contributed by atoms with Crippen LogP contribution >= 0.6 is 0 Å². The van der Waals surface area contributed by atoms with Gasteiger partial charge in [0.1, 0.15) is 12.7 Å². The molecule has 1 aliphatic heterocycles. The summed E-state index contributed by atoms with van der Waals surface area (Å²) in [5.41, 5.74) is 0.710. The van der Waals surface area contributed by atoms with Gasteiger partial charge in [-0.25, -0.2) is 9.67 Å². The van der Waals surface area contributed by atoms with Crippen LogP contribution in [0.2, 0.25) is 0 Å². The van der Waals surface area contributed by atoms with E-state index >= 15 is 0 Å². The van der Waals surface area contributed by atoms with Gasteiger partial charge in [0.15, 0.2) is 11.6 Å². The Morgan fingerprint density at radius 2 is 1.79 bits per heavy atom. The Bertz CT molecular complexity index is 1030. The van der Waals surface area contributed by atoms with Gasteiger partial charge in [0.05, 0.1) is 4.92 Å². The molecule has 1 fully saturated rings. The largest absolute Gasteiger partial charge is 0.352 e. The van der Waals surface area contributed by atoms with E-state index in [0.717, 1.165) is 0 Å². The Morgan fingerprint density at radius 3 is 2.41 bits per heavy atom. The average Bonchev–Trinajstić information content (AvgIpc) is 3.28. The van der Waals surface area contributed by atoms with E-state index in [9.17, 15) is 14.9 Å². The van der Waals surface area contributed by atoms with E-state index in [0.29, 0.717) is 48.9 Å². The van der Waals surface area contributed by atoms with Crippen molar-refractivity contribution in [3.63, 3.8) is 0 Å². The molecule has 11 nitrogen and oxygen atoms in total. The maximum absolute atomic E-state index is 12.9. The quantitative estimate of drug-likeness (QED) is 0.478. The molecule has 1 aliphatic rings. The van der Waals surface area contributed by atoms with E-state index in [-0.39, 0.29) is 11.6 Å². The number of amides is 1. The molecule has 148 valence electrons. The van der Waals surface area contributed by atoms with Crippen molar-refractivity contribution >= 4 is 17.4 Å². The fourth-order valence-corrected chi connectivity index (χ4v) is 3.30. The summed E-state index contributed by atoms with van der Waals surface area (Å²) >= 11 is 0. The Labute approximate surface area is 165 Å². The fourth-order valence-electron chi connectivity index (χ4n) is 3.30. The minimum atomic E-state index is -0.467. The smallest absolute Gasteiger partial charge is 0.273 e. The molecule has 1 amide bonds. The number of carbonyl (C=O) groups is 1. The SMILES string of the molecule is Cc1c(C(=O)N2CCN(c3ccc(-n4cncn4)nn3)CC2)cccc1[N+](=O)[O-]. The summed E-state index contributed by atoms with van der Waals surface area (Å²) in [5.74, 6) is 1.09. The van der Waals surface area contributed by atoms with E-state index < -0.39 is 4.92 Å². The molecule has 29 heavy (non-hydrogen) atoms. The highest BCUT2D eigenvalue weighted by Gasteiger charge is 2.26. The second kappa shape index (κ2) is 7.62. The molecular formula is C18H18N8O3. The predicted molar refractivity (Wildman–Crippen MR) is 103 cm³/mol. The Balaban J connectivity index is 1.42. The molecule has 3 aromatic rings. The molecule has 0 atom stereocenters. The highest BCUT2D eigenvalue weighted by Crippen LogP contribution is 2.23. The molecule has 0 aliphatic carbocycles. The predicted octanol–water partition coefficient (Wildman–Crippen LogP) is 1.24. The molecule has 0 saturated carbocycles. The van der Waals surface area contributed by atoms with E-state index in [4.69, 9.17) is 0 Å². The molecule has 2 aromatic heterocycles. The highest BCUT2D eigenvalue weighted by molar-refractivity contribution is 5.96. The Kier molecular flexibility index (Phi) is 4.85. The average molecular weight is 394 g/mol. The van der Waals surface area contributed by atoms with Crippen LogP contribution in [-0.2, 0) is 0 Å². The van der Waals surface area contributed by atoms with Gasteiger partial charge in [-0.1, -0.05) is 6.07 Å². The Hall–Kier alpha value is -3.89. The van der Waals surface area contributed by atoms with Crippen LogP contribution in [0.1, 0.15) is 15.9 Å². The van der Waals surface area contributed by atoms with Gasteiger partial charge >= 0.3 is 0 Å². The van der Waals surface area contributed by atoms with Gasteiger partial charge in [-0.15, -0.1) is 10.2 Å². The van der Waals surface area contributed by atoms with E-state index in [1.165, 1.54) is 17.1 Å². The number of benzene rings is 1. The van der Waals surface area contributed by atoms with Gasteiger partial charge in [-0.2, -0.15) is 5.10 Å². The normalized spacial score (nSPS) is 14.1. The van der Waals surface area contributed by atoms with Crippen LogP contribution in [0.25, 0.3) is 5.82 Å². The van der Waals surface area contributed by atoms with Gasteiger partial charge in [-0.3, -0.25) is 14.9 Å². The summed E-state index contributed by atoms with van der Waals surface area (Å²) in [5, 5.41) is 23.5. The van der Waals surface area contributed by atoms with Gasteiger partial charge in [-0.05, 0) is 25.1 Å². The monoisotopic (exact) mass is 394 g/mol. The zero-order valence-corrected chi connectivity index (χ0v) is 15.7. The number of nitro groups is 1. The number of nitro benzene ring substituents is 1. The van der Waals surface area contributed by atoms with Crippen LogP contribution in [0.3, 0.4) is 0 Å². The standard InChI is InChI=1S/C18H18N8O3/c1-13-14(3-2-4-15(13)26(28)29)18(27)24-9-7-23(8-10-24)16-5-6-17(22-21-16)25-12-19-11-20-25/h2-6,11-12H,7-10H2,1H3. The van der Waals surface area contributed by atoms with Crippen molar-refractivity contribution in [2.24, 2.45) is 0 Å². The van der Waals surface area contributed by atoms with Crippen molar-refractivity contribution in [3.05, 3.63) is 64.2 Å². The van der Waals surface area contributed by atoms with E-state index in [1.807, 2.05) is 11.0 Å². The summed E-state index contributed by atoms with van der Waals surface area (Å²) in [6, 6.07) is 8.24. The van der Waals surface area contributed by atoms with Crippen molar-refractivity contribution in [2.75, 3.05) is 31.1 Å². The van der Waals surface area contributed by atoms with Crippen molar-refractivity contribution in [1.29, 1.82) is 0 Å². The van der Waals surface area contributed by atoms with Crippen LogP contribution < -0.4 is 4.90 Å². The topological polar surface area (TPSA) is 123 Å². The molecule has 1 aromatic carbocycles. The summed E-state index contributed by atoms with van der Waals surface area (Å²) in [6.07, 6.45) is 2.97. The summed E-state index contributed by atoms with van der Waals surface area (Å²) in [6.45, 7) is 3.78. The summed E-state index contributed by atoms with van der Waals surface area (Å²) in [4.78, 5) is 31.1. The number of anilines is 1. The van der Waals surface area contributed by atoms with Crippen molar-refractivity contribution in [1.82, 2.24) is 29.9 Å².